The van der Waals surface area contributed by atoms with Crippen LogP contribution in [-0.2, 0) is 0 Å². The molecule has 21 heavy (non-hydrogen) atoms. The number of nitrogens with two attached hydrogens (primary N) is 1. The van der Waals surface area contributed by atoms with Crippen molar-refractivity contribution in [3.8, 4) is 0 Å². The van der Waals surface area contributed by atoms with Gasteiger partial charge in [-0.05, 0) is 38.0 Å². The van der Waals surface area contributed by atoms with Crippen LogP contribution in [0.2, 0.25) is 0 Å². The van der Waals surface area contributed by atoms with Crippen LogP contribution in [0.3, 0.4) is 0 Å². The van der Waals surface area contributed by atoms with E-state index in [1.807, 2.05) is 11.3 Å². The third-order valence-corrected chi connectivity index (χ3v) is 5.63. The fourth-order valence-electron chi connectivity index (χ4n) is 3.00. The fourth-order valence-corrected chi connectivity index (χ4v) is 4.07. The predicted octanol–water partition coefficient (Wildman–Crippen LogP) is 2.38. The molecule has 0 bridgehead atoms. The molecule has 1 unspecified atom stereocenters. The van der Waals surface area contributed by atoms with Crippen molar-refractivity contribution in [2.45, 2.75) is 26.8 Å². The second-order valence-electron chi connectivity index (χ2n) is 6.03. The third kappa shape index (κ3) is 2.91. The van der Waals surface area contributed by atoms with E-state index in [9.17, 15) is 0 Å². The van der Waals surface area contributed by atoms with Gasteiger partial charge in [0.1, 0.15) is 0 Å². The molecule has 5 heteroatoms. The molecule has 1 atom stereocenters. The first-order valence-electron chi connectivity index (χ1n) is 7.65. The topological polar surface area (TPSA) is 45.4 Å². The molecule has 1 saturated heterocycles. The normalized spacial score (nSPS) is 18.4. The van der Waals surface area contributed by atoms with Gasteiger partial charge < -0.3 is 10.6 Å². The number of nitrogens with zero attached hydrogens (tertiary/aromatic N) is 3. The lowest BCUT2D eigenvalue weighted by atomic mass is 10.1. The average molecular weight is 304 g/mol. The van der Waals surface area contributed by atoms with Crippen molar-refractivity contribution in [2.24, 2.45) is 5.73 Å². The van der Waals surface area contributed by atoms with Gasteiger partial charge >= 0.3 is 0 Å². The van der Waals surface area contributed by atoms with Crippen molar-refractivity contribution < 1.29 is 0 Å². The lowest BCUT2D eigenvalue weighted by Gasteiger charge is -2.37. The molecule has 0 saturated carbocycles. The minimum atomic E-state index is 0.479. The molecule has 114 valence electrons. The van der Waals surface area contributed by atoms with Gasteiger partial charge in [-0.25, -0.2) is 4.98 Å². The van der Waals surface area contributed by atoms with Crippen molar-refractivity contribution in [3.63, 3.8) is 0 Å². The molecule has 1 aromatic heterocycles. The zero-order valence-electron chi connectivity index (χ0n) is 13.1. The molecule has 4 nitrogen and oxygen atoms in total. The lowest BCUT2D eigenvalue weighted by molar-refractivity contribution is 0.201. The Bertz CT molecular complexity index is 628. The number of benzene rings is 1. The zero-order chi connectivity index (χ0) is 15.0. The Balaban J connectivity index is 1.78. The third-order valence-electron chi connectivity index (χ3n) is 4.36. The van der Waals surface area contributed by atoms with E-state index < -0.39 is 0 Å². The summed E-state index contributed by atoms with van der Waals surface area (Å²) in [7, 11) is 0. The van der Waals surface area contributed by atoms with E-state index in [0.29, 0.717) is 6.04 Å². The first kappa shape index (κ1) is 14.8. The molecule has 1 aromatic carbocycles. The Hall–Kier alpha value is -1.17. The van der Waals surface area contributed by atoms with Crippen LogP contribution in [0.5, 0.6) is 0 Å². The van der Waals surface area contributed by atoms with Crippen LogP contribution in [0.4, 0.5) is 5.13 Å². The summed E-state index contributed by atoms with van der Waals surface area (Å²) in [5, 5.41) is 1.17. The Morgan fingerprint density at radius 1 is 1.24 bits per heavy atom. The molecule has 1 aliphatic rings. The fraction of sp³-hybridized carbons (Fsp3) is 0.562. The molecular weight excluding hydrogens is 280 g/mol. The first-order valence-corrected chi connectivity index (χ1v) is 8.47. The molecule has 2 aromatic rings. The number of aryl methyl sites for hydroxylation is 2. The highest BCUT2D eigenvalue weighted by Crippen LogP contribution is 2.32. The Kier molecular flexibility index (Phi) is 4.15. The summed E-state index contributed by atoms with van der Waals surface area (Å²) in [4.78, 5) is 9.74. The van der Waals surface area contributed by atoms with Gasteiger partial charge in [-0.2, -0.15) is 0 Å². The van der Waals surface area contributed by atoms with E-state index in [1.165, 1.54) is 21.0 Å². The average Bonchev–Trinajstić information content (AvgIpc) is 2.91. The number of fused-ring (bicyclic) bond motifs is 1. The van der Waals surface area contributed by atoms with Crippen molar-refractivity contribution >= 4 is 26.7 Å². The maximum atomic E-state index is 5.76. The molecule has 0 radical (unpaired) electrons. The second kappa shape index (κ2) is 5.91. The zero-order valence-corrected chi connectivity index (χ0v) is 13.9. The van der Waals surface area contributed by atoms with Crippen LogP contribution < -0.4 is 10.6 Å². The van der Waals surface area contributed by atoms with Crippen LogP contribution in [0.25, 0.3) is 10.2 Å². The molecule has 1 aliphatic heterocycles. The smallest absolute Gasteiger partial charge is 0.186 e. The maximum absolute atomic E-state index is 5.76. The molecule has 0 amide bonds. The van der Waals surface area contributed by atoms with Crippen molar-refractivity contribution in [1.29, 1.82) is 0 Å². The van der Waals surface area contributed by atoms with Crippen LogP contribution in [0.15, 0.2) is 12.1 Å². The second-order valence-corrected chi connectivity index (χ2v) is 7.01. The van der Waals surface area contributed by atoms with Crippen LogP contribution >= 0.6 is 11.3 Å². The van der Waals surface area contributed by atoms with Gasteiger partial charge in [-0.15, -0.1) is 0 Å². The van der Waals surface area contributed by atoms with Gasteiger partial charge in [0, 0.05) is 38.8 Å². The maximum Gasteiger partial charge on any atom is 0.186 e. The monoisotopic (exact) mass is 304 g/mol. The minimum Gasteiger partial charge on any atom is -0.345 e. The molecule has 2 heterocycles. The summed E-state index contributed by atoms with van der Waals surface area (Å²) in [6.07, 6.45) is 0. The van der Waals surface area contributed by atoms with Crippen LogP contribution in [0.1, 0.15) is 18.1 Å². The highest BCUT2D eigenvalue weighted by molar-refractivity contribution is 7.22. The molecule has 3 rings (SSSR count). The quantitative estimate of drug-likeness (QED) is 0.946. The Morgan fingerprint density at radius 3 is 2.62 bits per heavy atom. The van der Waals surface area contributed by atoms with Crippen LogP contribution in [0, 0.1) is 13.8 Å². The Labute approximate surface area is 130 Å². The lowest BCUT2D eigenvalue weighted by Crippen LogP contribution is -2.51. The molecular formula is C16H24N4S. The SMILES string of the molecule is Cc1cc(C)c2sc(N3CCN(C(C)CN)CC3)nc2c1. The van der Waals surface area contributed by atoms with E-state index in [0.717, 1.165) is 38.2 Å². The van der Waals surface area contributed by atoms with E-state index >= 15 is 0 Å². The number of thiazole rings is 1. The number of hydrogen-bond donors (Lipinski definition) is 1. The van der Waals surface area contributed by atoms with E-state index in [-0.39, 0.29) is 0 Å². The standard InChI is InChI=1S/C16H24N4S/c1-11-8-12(2)15-14(9-11)18-16(21-15)20-6-4-19(5-7-20)13(3)10-17/h8-9,13H,4-7,10,17H2,1-3H3. The highest BCUT2D eigenvalue weighted by atomic mass is 32.1. The summed E-state index contributed by atoms with van der Waals surface area (Å²) in [5.74, 6) is 0. The largest absolute Gasteiger partial charge is 0.345 e. The summed E-state index contributed by atoms with van der Waals surface area (Å²) in [6, 6.07) is 4.91. The molecule has 0 aliphatic carbocycles. The van der Waals surface area contributed by atoms with Gasteiger partial charge in [0.15, 0.2) is 5.13 Å². The van der Waals surface area contributed by atoms with Crippen molar-refractivity contribution in [1.82, 2.24) is 9.88 Å². The summed E-state index contributed by atoms with van der Waals surface area (Å²) < 4.78 is 1.33. The van der Waals surface area contributed by atoms with Gasteiger partial charge in [0.2, 0.25) is 0 Å². The summed E-state index contributed by atoms with van der Waals surface area (Å²) in [5.41, 5.74) is 9.54. The molecule has 1 fully saturated rings. The molecule has 2 N–H and O–H groups in total. The number of anilines is 1. The van der Waals surface area contributed by atoms with Gasteiger partial charge in [-0.1, -0.05) is 17.4 Å². The van der Waals surface area contributed by atoms with E-state index in [1.54, 1.807) is 0 Å². The summed E-state index contributed by atoms with van der Waals surface area (Å²) >= 11 is 1.83. The number of piperazine rings is 1. The van der Waals surface area contributed by atoms with Crippen LogP contribution in [-0.4, -0.2) is 48.6 Å². The van der Waals surface area contributed by atoms with E-state index in [4.69, 9.17) is 10.7 Å². The number of rotatable bonds is 3. The van der Waals surface area contributed by atoms with Gasteiger partial charge in [-0.3, -0.25) is 4.90 Å². The van der Waals surface area contributed by atoms with Gasteiger partial charge in [0.05, 0.1) is 10.2 Å². The van der Waals surface area contributed by atoms with Gasteiger partial charge in [0.25, 0.3) is 0 Å². The Morgan fingerprint density at radius 2 is 1.95 bits per heavy atom. The van der Waals surface area contributed by atoms with Crippen molar-refractivity contribution in [2.75, 3.05) is 37.6 Å². The number of aromatic nitrogens is 1. The first-order chi connectivity index (χ1) is 10.1. The van der Waals surface area contributed by atoms with E-state index in [2.05, 4.69) is 42.7 Å². The molecule has 0 spiro atoms. The predicted molar refractivity (Wildman–Crippen MR) is 91.4 cm³/mol. The number of hydrogen-bond acceptors (Lipinski definition) is 5. The minimum absolute atomic E-state index is 0.479. The van der Waals surface area contributed by atoms with Crippen molar-refractivity contribution in [3.05, 3.63) is 23.3 Å². The summed E-state index contributed by atoms with van der Waals surface area (Å²) in [6.45, 7) is 11.5. The highest BCUT2D eigenvalue weighted by Gasteiger charge is 2.22.